The number of benzene rings is 2. The second-order valence-corrected chi connectivity index (χ2v) is 9.31. The Balaban J connectivity index is 1.19. The fourth-order valence-corrected chi connectivity index (χ4v) is 4.85. The lowest BCUT2D eigenvalue weighted by atomic mass is 10.0. The van der Waals surface area contributed by atoms with E-state index in [1.54, 1.807) is 4.52 Å². The van der Waals surface area contributed by atoms with Gasteiger partial charge < -0.3 is 19.9 Å². The molecule has 2 aromatic carbocycles. The minimum Gasteiger partial charge on any atom is -0.378 e. The molecule has 1 N–H and O–H groups in total. The number of nitrogens with zero attached hydrogens (tertiary/aromatic N) is 5. The number of amides is 2. The number of nitrogens with one attached hydrogen (secondary N) is 1. The van der Waals surface area contributed by atoms with E-state index in [-0.39, 0.29) is 11.8 Å². The maximum Gasteiger partial charge on any atom is 0.254 e. The van der Waals surface area contributed by atoms with Gasteiger partial charge in [-0.2, -0.15) is 4.98 Å². The van der Waals surface area contributed by atoms with E-state index >= 15 is 0 Å². The van der Waals surface area contributed by atoms with E-state index in [2.05, 4.69) is 10.4 Å². The zero-order chi connectivity index (χ0) is 25.2. The maximum absolute atomic E-state index is 12.7. The summed E-state index contributed by atoms with van der Waals surface area (Å²) in [6.45, 7) is 4.06. The largest absolute Gasteiger partial charge is 0.378 e. The van der Waals surface area contributed by atoms with Crippen LogP contribution in [-0.4, -0.2) is 75.6 Å². The molecule has 0 atom stereocenters. The first kappa shape index (κ1) is 23.2. The predicted octanol–water partition coefficient (Wildman–Crippen LogP) is 3.85. The molecular weight excluding hydrogens is 468 g/mol. The second kappa shape index (κ2) is 10.0. The molecule has 188 valence electrons. The first-order valence-corrected chi connectivity index (χ1v) is 12.6. The van der Waals surface area contributed by atoms with Gasteiger partial charge in [-0.05, 0) is 66.9 Å². The number of hydrogen-bond donors (Lipinski definition) is 1. The van der Waals surface area contributed by atoms with Gasteiger partial charge in [0.2, 0.25) is 5.95 Å². The summed E-state index contributed by atoms with van der Waals surface area (Å²) < 4.78 is 7.06. The molecule has 4 heterocycles. The van der Waals surface area contributed by atoms with E-state index in [1.165, 1.54) is 0 Å². The van der Waals surface area contributed by atoms with Crippen molar-refractivity contribution in [3.63, 3.8) is 0 Å². The third-order valence-electron chi connectivity index (χ3n) is 6.88. The van der Waals surface area contributed by atoms with Crippen molar-refractivity contribution in [2.75, 3.05) is 44.7 Å². The van der Waals surface area contributed by atoms with E-state index < -0.39 is 0 Å². The summed E-state index contributed by atoms with van der Waals surface area (Å²) in [6.07, 6.45) is 4.00. The summed E-state index contributed by atoms with van der Waals surface area (Å²) in [4.78, 5) is 33.8. The summed E-state index contributed by atoms with van der Waals surface area (Å²) in [5.41, 5.74) is 4.74. The fraction of sp³-hybridized carbons (Fsp3) is 0.286. The standard InChI is InChI=1S/C28H28N6O3/c35-26(32-13-1-2-14-32)21-7-5-20(6-8-21)24-4-3-15-34-25(24)30-28(31-34)29-23-11-9-22(10-12-23)27(36)33-16-18-37-19-17-33/h3-12,15H,1-2,13-14,16-19H2,(H,29,31). The summed E-state index contributed by atoms with van der Waals surface area (Å²) in [6, 6.07) is 19.0. The molecule has 0 saturated carbocycles. The number of pyridine rings is 1. The van der Waals surface area contributed by atoms with E-state index in [4.69, 9.17) is 9.72 Å². The van der Waals surface area contributed by atoms with Gasteiger partial charge >= 0.3 is 0 Å². The number of rotatable bonds is 5. The van der Waals surface area contributed by atoms with Gasteiger partial charge in [-0.15, -0.1) is 5.10 Å². The number of carbonyl (C=O) groups excluding carboxylic acids is 2. The number of ether oxygens (including phenoxy) is 1. The van der Waals surface area contributed by atoms with Gasteiger partial charge in [0.05, 0.1) is 13.2 Å². The van der Waals surface area contributed by atoms with E-state index in [1.807, 2.05) is 76.7 Å². The third kappa shape index (κ3) is 4.77. The fourth-order valence-electron chi connectivity index (χ4n) is 4.85. The molecule has 0 aliphatic carbocycles. The zero-order valence-electron chi connectivity index (χ0n) is 20.5. The minimum atomic E-state index is 0.0125. The highest BCUT2D eigenvalue weighted by molar-refractivity contribution is 5.95. The SMILES string of the molecule is O=C(c1ccc(-c2cccn3nc(Nc4ccc(C(=O)N5CCOCC5)cc4)nc23)cc1)N1CCCC1. The third-order valence-corrected chi connectivity index (χ3v) is 6.88. The van der Waals surface area contributed by atoms with Crippen LogP contribution in [0.1, 0.15) is 33.6 Å². The lowest BCUT2D eigenvalue weighted by molar-refractivity contribution is 0.0303. The van der Waals surface area contributed by atoms with Crippen molar-refractivity contribution < 1.29 is 14.3 Å². The van der Waals surface area contributed by atoms with Gasteiger partial charge in [-0.3, -0.25) is 9.59 Å². The molecule has 2 saturated heterocycles. The number of aromatic nitrogens is 3. The second-order valence-electron chi connectivity index (χ2n) is 9.31. The number of fused-ring (bicyclic) bond motifs is 1. The van der Waals surface area contributed by atoms with E-state index in [0.717, 1.165) is 42.7 Å². The molecule has 2 aliphatic heterocycles. The van der Waals surface area contributed by atoms with E-state index in [0.29, 0.717) is 49.0 Å². The van der Waals surface area contributed by atoms with Crippen molar-refractivity contribution in [2.24, 2.45) is 0 Å². The van der Waals surface area contributed by atoms with Gasteiger partial charge in [-0.25, -0.2) is 4.52 Å². The van der Waals surface area contributed by atoms with Crippen LogP contribution in [0.4, 0.5) is 11.6 Å². The molecule has 2 amide bonds. The number of anilines is 2. The quantitative estimate of drug-likeness (QED) is 0.451. The van der Waals surface area contributed by atoms with Crippen molar-refractivity contribution in [1.29, 1.82) is 0 Å². The van der Waals surface area contributed by atoms with Crippen molar-refractivity contribution in [3.05, 3.63) is 78.0 Å². The van der Waals surface area contributed by atoms with Crippen LogP contribution in [0.5, 0.6) is 0 Å². The predicted molar refractivity (Wildman–Crippen MR) is 140 cm³/mol. The van der Waals surface area contributed by atoms with Crippen LogP contribution >= 0.6 is 0 Å². The average Bonchev–Trinajstić information content (AvgIpc) is 3.63. The highest BCUT2D eigenvalue weighted by Crippen LogP contribution is 2.26. The van der Waals surface area contributed by atoms with Gasteiger partial charge in [-0.1, -0.05) is 12.1 Å². The summed E-state index contributed by atoms with van der Waals surface area (Å²) >= 11 is 0. The Morgan fingerprint density at radius 3 is 2.08 bits per heavy atom. The Morgan fingerprint density at radius 2 is 1.41 bits per heavy atom. The van der Waals surface area contributed by atoms with Crippen LogP contribution in [-0.2, 0) is 4.74 Å². The molecule has 37 heavy (non-hydrogen) atoms. The van der Waals surface area contributed by atoms with Gasteiger partial charge in [0.15, 0.2) is 5.65 Å². The number of likely N-dealkylation sites (tertiary alicyclic amines) is 1. The smallest absolute Gasteiger partial charge is 0.254 e. The van der Waals surface area contributed by atoms with Crippen LogP contribution in [0.2, 0.25) is 0 Å². The van der Waals surface area contributed by atoms with Gasteiger partial charge in [0.1, 0.15) is 0 Å². The molecule has 0 radical (unpaired) electrons. The highest BCUT2D eigenvalue weighted by atomic mass is 16.5. The maximum atomic E-state index is 12.7. The lowest BCUT2D eigenvalue weighted by Gasteiger charge is -2.26. The molecule has 6 rings (SSSR count). The molecule has 9 nitrogen and oxygen atoms in total. The van der Waals surface area contributed by atoms with Crippen LogP contribution in [0.3, 0.4) is 0 Å². The lowest BCUT2D eigenvalue weighted by Crippen LogP contribution is -2.40. The Bertz CT molecular complexity index is 1420. The molecule has 4 aromatic rings. The van der Waals surface area contributed by atoms with Crippen molar-refractivity contribution in [2.45, 2.75) is 12.8 Å². The average molecular weight is 497 g/mol. The molecule has 2 aliphatic rings. The summed E-state index contributed by atoms with van der Waals surface area (Å²) in [5.74, 6) is 0.563. The number of morpholine rings is 1. The highest BCUT2D eigenvalue weighted by Gasteiger charge is 2.20. The topological polar surface area (TPSA) is 92.1 Å². The number of carbonyl (C=O) groups is 2. The Labute approximate surface area is 214 Å². The van der Waals surface area contributed by atoms with Crippen LogP contribution in [0.15, 0.2) is 66.9 Å². The van der Waals surface area contributed by atoms with Crippen molar-refractivity contribution in [3.8, 4) is 11.1 Å². The summed E-state index contributed by atoms with van der Waals surface area (Å²) in [5, 5.41) is 7.80. The van der Waals surface area contributed by atoms with Gasteiger partial charge in [0.25, 0.3) is 11.8 Å². The van der Waals surface area contributed by atoms with Crippen LogP contribution in [0, 0.1) is 0 Å². The molecule has 0 unspecified atom stereocenters. The van der Waals surface area contributed by atoms with Crippen molar-refractivity contribution >= 4 is 29.1 Å². The summed E-state index contributed by atoms with van der Waals surface area (Å²) in [7, 11) is 0. The number of hydrogen-bond acceptors (Lipinski definition) is 6. The minimum absolute atomic E-state index is 0.0125. The first-order valence-electron chi connectivity index (χ1n) is 12.6. The van der Waals surface area contributed by atoms with Crippen LogP contribution < -0.4 is 5.32 Å². The monoisotopic (exact) mass is 496 g/mol. The molecular formula is C28H28N6O3. The molecule has 0 bridgehead atoms. The van der Waals surface area contributed by atoms with E-state index in [9.17, 15) is 9.59 Å². The molecule has 2 fully saturated rings. The molecule has 2 aromatic heterocycles. The van der Waals surface area contributed by atoms with Gasteiger partial charge in [0, 0.05) is 54.8 Å². The Morgan fingerprint density at radius 1 is 0.784 bits per heavy atom. The van der Waals surface area contributed by atoms with Crippen molar-refractivity contribution in [1.82, 2.24) is 24.4 Å². The Kier molecular flexibility index (Phi) is 6.28. The first-order chi connectivity index (χ1) is 18.2. The van der Waals surface area contributed by atoms with Crippen LogP contribution in [0.25, 0.3) is 16.8 Å². The molecule has 0 spiro atoms. The Hall–Kier alpha value is -4.24. The zero-order valence-corrected chi connectivity index (χ0v) is 20.5. The molecule has 9 heteroatoms. The normalized spacial score (nSPS) is 15.8.